The van der Waals surface area contributed by atoms with Crippen LogP contribution < -0.4 is 5.32 Å². The van der Waals surface area contributed by atoms with Crippen molar-refractivity contribution in [2.75, 3.05) is 5.32 Å². The summed E-state index contributed by atoms with van der Waals surface area (Å²) in [5.41, 5.74) is 0.812. The lowest BCUT2D eigenvalue weighted by Crippen LogP contribution is -2.02. The fourth-order valence-corrected chi connectivity index (χ4v) is 1.83. The molecule has 0 atom stereocenters. The number of nitro benzene ring substituents is 1. The molecule has 2 aromatic rings. The number of rotatable bonds is 4. The summed E-state index contributed by atoms with van der Waals surface area (Å²) >= 11 is 0. The number of anilines is 1. The van der Waals surface area contributed by atoms with E-state index in [-0.39, 0.29) is 23.5 Å². The fraction of sp³-hybridized carbons (Fsp3) is 0.0714. The monoisotopic (exact) mass is 287 g/mol. The van der Waals surface area contributed by atoms with Crippen molar-refractivity contribution in [2.45, 2.75) is 6.54 Å². The molecule has 2 rings (SSSR count). The average molecular weight is 287 g/mol. The van der Waals surface area contributed by atoms with E-state index in [0.29, 0.717) is 11.3 Å². The molecule has 0 saturated carbocycles. The molecule has 2 aromatic carbocycles. The van der Waals surface area contributed by atoms with Crippen molar-refractivity contribution in [2.24, 2.45) is 0 Å². The van der Waals surface area contributed by atoms with Gasteiger partial charge in [0.1, 0.15) is 17.6 Å². The van der Waals surface area contributed by atoms with Crippen LogP contribution in [0.4, 0.5) is 15.8 Å². The van der Waals surface area contributed by atoms with Crippen LogP contribution in [0.25, 0.3) is 0 Å². The SMILES string of the molecule is N#Cc1cc([N+](=O)[O-])ccc1NCc1cc(O)cc(F)c1. The molecule has 106 valence electrons. The van der Waals surface area contributed by atoms with Crippen molar-refractivity contribution in [3.8, 4) is 11.8 Å². The number of nitro groups is 1. The maximum absolute atomic E-state index is 13.1. The first-order valence-electron chi connectivity index (χ1n) is 5.90. The summed E-state index contributed by atoms with van der Waals surface area (Å²) in [6.45, 7) is 0.164. The Morgan fingerprint density at radius 1 is 1.33 bits per heavy atom. The minimum atomic E-state index is -0.588. The number of nitriles is 1. The van der Waals surface area contributed by atoms with Crippen molar-refractivity contribution < 1.29 is 14.4 Å². The Labute approximate surface area is 119 Å². The summed E-state index contributed by atoms with van der Waals surface area (Å²) < 4.78 is 13.1. The van der Waals surface area contributed by atoms with E-state index in [1.54, 1.807) is 0 Å². The lowest BCUT2D eigenvalue weighted by Gasteiger charge is -2.08. The summed E-state index contributed by atoms with van der Waals surface area (Å²) in [6.07, 6.45) is 0. The zero-order chi connectivity index (χ0) is 15.4. The number of phenolic OH excluding ortho intramolecular Hbond substituents is 1. The predicted octanol–water partition coefficient (Wildman–Crippen LogP) is 2.92. The first-order chi connectivity index (χ1) is 9.99. The molecule has 0 heterocycles. The molecule has 0 amide bonds. The van der Waals surface area contributed by atoms with Gasteiger partial charge in [-0.2, -0.15) is 5.26 Å². The largest absolute Gasteiger partial charge is 0.508 e. The van der Waals surface area contributed by atoms with E-state index in [2.05, 4.69) is 5.32 Å². The predicted molar refractivity (Wildman–Crippen MR) is 73.2 cm³/mol. The van der Waals surface area contributed by atoms with E-state index in [1.165, 1.54) is 24.3 Å². The second-order valence-corrected chi connectivity index (χ2v) is 4.27. The first-order valence-corrected chi connectivity index (χ1v) is 5.90. The molecule has 0 aliphatic carbocycles. The molecule has 0 aliphatic heterocycles. The molecule has 6 nitrogen and oxygen atoms in total. The van der Waals surface area contributed by atoms with Gasteiger partial charge in [0.05, 0.1) is 16.2 Å². The molecular weight excluding hydrogens is 277 g/mol. The van der Waals surface area contributed by atoms with Gasteiger partial charge in [-0.05, 0) is 23.8 Å². The van der Waals surface area contributed by atoms with Gasteiger partial charge in [0.25, 0.3) is 5.69 Å². The van der Waals surface area contributed by atoms with Crippen molar-refractivity contribution >= 4 is 11.4 Å². The van der Waals surface area contributed by atoms with Crippen molar-refractivity contribution in [3.63, 3.8) is 0 Å². The Balaban J connectivity index is 2.20. The van der Waals surface area contributed by atoms with Crippen LogP contribution in [-0.4, -0.2) is 10.0 Å². The first kappa shape index (κ1) is 14.3. The molecule has 0 bridgehead atoms. The summed E-state index contributed by atoms with van der Waals surface area (Å²) in [5.74, 6) is -0.771. The second-order valence-electron chi connectivity index (χ2n) is 4.27. The number of hydrogen-bond acceptors (Lipinski definition) is 5. The Bertz CT molecular complexity index is 720. The number of phenols is 1. The Hall–Kier alpha value is -3.14. The van der Waals surface area contributed by atoms with Crippen LogP contribution in [0.3, 0.4) is 0 Å². The van der Waals surface area contributed by atoms with Gasteiger partial charge in [0, 0.05) is 24.7 Å². The molecule has 7 heteroatoms. The third kappa shape index (κ3) is 3.45. The van der Waals surface area contributed by atoms with Gasteiger partial charge in [-0.15, -0.1) is 0 Å². The van der Waals surface area contributed by atoms with Crippen LogP contribution in [0.1, 0.15) is 11.1 Å². The smallest absolute Gasteiger partial charge is 0.270 e. The third-order valence-corrected chi connectivity index (χ3v) is 2.76. The molecule has 2 N–H and O–H groups in total. The zero-order valence-electron chi connectivity index (χ0n) is 10.7. The maximum Gasteiger partial charge on any atom is 0.270 e. The van der Waals surface area contributed by atoms with Gasteiger partial charge in [-0.25, -0.2) is 4.39 Å². The Morgan fingerprint density at radius 3 is 2.71 bits per heavy atom. The highest BCUT2D eigenvalue weighted by Crippen LogP contribution is 2.22. The second kappa shape index (κ2) is 5.88. The molecule has 0 aliphatic rings. The van der Waals surface area contributed by atoms with Crippen LogP contribution >= 0.6 is 0 Å². The van der Waals surface area contributed by atoms with Crippen molar-refractivity contribution in [1.82, 2.24) is 0 Å². The highest BCUT2D eigenvalue weighted by atomic mass is 19.1. The molecule has 0 aromatic heterocycles. The van der Waals surface area contributed by atoms with E-state index in [1.807, 2.05) is 6.07 Å². The van der Waals surface area contributed by atoms with Crippen LogP contribution in [0, 0.1) is 27.3 Å². The fourth-order valence-electron chi connectivity index (χ4n) is 1.83. The normalized spacial score (nSPS) is 9.90. The van der Waals surface area contributed by atoms with Gasteiger partial charge in [-0.3, -0.25) is 10.1 Å². The average Bonchev–Trinajstić information content (AvgIpc) is 2.43. The number of nitrogens with zero attached hydrogens (tertiary/aromatic N) is 2. The number of benzene rings is 2. The van der Waals surface area contributed by atoms with E-state index in [4.69, 9.17) is 5.26 Å². The highest BCUT2D eigenvalue weighted by Gasteiger charge is 2.10. The summed E-state index contributed by atoms with van der Waals surface area (Å²) in [5, 5.41) is 31.8. The van der Waals surface area contributed by atoms with Crippen LogP contribution in [-0.2, 0) is 6.54 Å². The molecule has 0 saturated heterocycles. The highest BCUT2D eigenvalue weighted by molar-refractivity contribution is 5.61. The van der Waals surface area contributed by atoms with Gasteiger partial charge in [0.2, 0.25) is 0 Å². The molecule has 21 heavy (non-hydrogen) atoms. The van der Waals surface area contributed by atoms with Gasteiger partial charge in [0.15, 0.2) is 0 Å². The van der Waals surface area contributed by atoms with Gasteiger partial charge in [-0.1, -0.05) is 0 Å². The quantitative estimate of drug-likeness (QED) is 0.665. The van der Waals surface area contributed by atoms with Crippen LogP contribution in [0.15, 0.2) is 36.4 Å². The molecular formula is C14H10FN3O3. The molecule has 0 radical (unpaired) electrons. The number of nitrogens with one attached hydrogen (secondary N) is 1. The molecule has 0 unspecified atom stereocenters. The van der Waals surface area contributed by atoms with Gasteiger partial charge < -0.3 is 10.4 Å². The standard InChI is InChI=1S/C14H10FN3O3/c15-11-3-9(4-13(19)6-11)8-17-14-2-1-12(18(20)21)5-10(14)7-16/h1-6,17,19H,8H2. The van der Waals surface area contributed by atoms with Crippen molar-refractivity contribution in [1.29, 1.82) is 5.26 Å². The van der Waals surface area contributed by atoms with E-state index in [9.17, 15) is 19.6 Å². The molecule has 0 fully saturated rings. The summed E-state index contributed by atoms with van der Waals surface area (Å²) in [4.78, 5) is 10.1. The lowest BCUT2D eigenvalue weighted by atomic mass is 10.1. The third-order valence-electron chi connectivity index (χ3n) is 2.76. The number of non-ortho nitro benzene ring substituents is 1. The van der Waals surface area contributed by atoms with Gasteiger partial charge >= 0.3 is 0 Å². The summed E-state index contributed by atoms with van der Waals surface area (Å²) in [7, 11) is 0. The van der Waals surface area contributed by atoms with Crippen LogP contribution in [0.2, 0.25) is 0 Å². The zero-order valence-corrected chi connectivity index (χ0v) is 10.7. The number of aromatic hydroxyl groups is 1. The maximum atomic E-state index is 13.1. The van der Waals surface area contributed by atoms with E-state index in [0.717, 1.165) is 12.1 Å². The van der Waals surface area contributed by atoms with E-state index < -0.39 is 10.7 Å². The minimum absolute atomic E-state index is 0.116. The summed E-state index contributed by atoms with van der Waals surface area (Å²) in [6, 6.07) is 9.31. The number of halogens is 1. The lowest BCUT2D eigenvalue weighted by molar-refractivity contribution is -0.384. The van der Waals surface area contributed by atoms with Crippen molar-refractivity contribution in [3.05, 3.63) is 63.5 Å². The van der Waals surface area contributed by atoms with Crippen LogP contribution in [0.5, 0.6) is 5.75 Å². The Morgan fingerprint density at radius 2 is 2.10 bits per heavy atom. The Kier molecular flexibility index (Phi) is 4.00. The topological polar surface area (TPSA) is 99.2 Å². The number of hydrogen-bond donors (Lipinski definition) is 2. The van der Waals surface area contributed by atoms with E-state index >= 15 is 0 Å². The molecule has 0 spiro atoms. The minimum Gasteiger partial charge on any atom is -0.508 e.